The number of hydrogen-bond acceptors (Lipinski definition) is 5. The third kappa shape index (κ3) is 2.55. The molecule has 7 heteroatoms. The maximum Gasteiger partial charge on any atom is 0.178 e. The van der Waals surface area contributed by atoms with Gasteiger partial charge in [0.05, 0.1) is 5.60 Å². The quantitative estimate of drug-likeness (QED) is 0.573. The molecule has 0 amide bonds. The lowest BCUT2D eigenvalue weighted by Crippen LogP contribution is -2.53. The zero-order chi connectivity index (χ0) is 15.0. The van der Waals surface area contributed by atoms with Gasteiger partial charge in [-0.3, -0.25) is 0 Å². The van der Waals surface area contributed by atoms with Gasteiger partial charge >= 0.3 is 0 Å². The lowest BCUT2D eigenvalue weighted by Gasteiger charge is -2.47. The Kier molecular flexibility index (Phi) is 3.71. The molecule has 1 aliphatic heterocycles. The molecule has 1 aromatic heterocycles. The molecule has 1 aromatic rings. The minimum atomic E-state index is -0.815. The molecule has 4 N–H and O–H groups in total. The first-order valence-corrected chi connectivity index (χ1v) is 7.33. The first-order valence-electron chi connectivity index (χ1n) is 7.33. The largest absolute Gasteiger partial charge is 0.389 e. The first kappa shape index (κ1) is 14.5. The maximum absolute atomic E-state index is 14.0. The SMILES string of the molecule is NNc1nc(N2CCC3(O)CCCCC3C2)c(F)cc1F. The molecule has 2 atom stereocenters. The smallest absolute Gasteiger partial charge is 0.178 e. The minimum Gasteiger partial charge on any atom is -0.389 e. The van der Waals surface area contributed by atoms with Gasteiger partial charge in [0, 0.05) is 25.1 Å². The van der Waals surface area contributed by atoms with E-state index in [0.717, 1.165) is 31.7 Å². The van der Waals surface area contributed by atoms with E-state index < -0.39 is 17.2 Å². The first-order chi connectivity index (χ1) is 10.0. The van der Waals surface area contributed by atoms with Crippen molar-refractivity contribution in [1.29, 1.82) is 0 Å². The van der Waals surface area contributed by atoms with Crippen LogP contribution in [0.5, 0.6) is 0 Å². The van der Waals surface area contributed by atoms with Crippen molar-refractivity contribution in [3.8, 4) is 0 Å². The molecule has 1 aliphatic carbocycles. The summed E-state index contributed by atoms with van der Waals surface area (Å²) < 4.78 is 27.4. The van der Waals surface area contributed by atoms with Gasteiger partial charge in [0.2, 0.25) is 0 Å². The number of nitrogens with one attached hydrogen (secondary N) is 1. The van der Waals surface area contributed by atoms with Crippen LogP contribution in [0.3, 0.4) is 0 Å². The van der Waals surface area contributed by atoms with Crippen molar-refractivity contribution in [2.45, 2.75) is 37.7 Å². The molecule has 2 aliphatic rings. The van der Waals surface area contributed by atoms with Crippen LogP contribution in [0.1, 0.15) is 32.1 Å². The molecule has 2 fully saturated rings. The molecule has 0 spiro atoms. The Bertz CT molecular complexity index is 542. The molecular weight excluding hydrogens is 278 g/mol. The number of nitrogen functional groups attached to an aromatic ring is 1. The molecule has 0 radical (unpaired) electrons. The van der Waals surface area contributed by atoms with E-state index in [-0.39, 0.29) is 17.6 Å². The second-order valence-electron chi connectivity index (χ2n) is 6.01. The Morgan fingerprint density at radius 3 is 2.90 bits per heavy atom. The van der Waals surface area contributed by atoms with E-state index in [1.54, 1.807) is 4.90 Å². The topological polar surface area (TPSA) is 74.4 Å². The van der Waals surface area contributed by atoms with Crippen LogP contribution in [0.25, 0.3) is 0 Å². The number of nitrogens with two attached hydrogens (primary N) is 1. The van der Waals surface area contributed by atoms with Crippen molar-refractivity contribution in [1.82, 2.24) is 4.98 Å². The summed E-state index contributed by atoms with van der Waals surface area (Å²) >= 11 is 0. The number of hydrogen-bond donors (Lipinski definition) is 3. The van der Waals surface area contributed by atoms with Crippen LogP contribution in [0, 0.1) is 17.6 Å². The van der Waals surface area contributed by atoms with E-state index in [1.165, 1.54) is 0 Å². The van der Waals surface area contributed by atoms with E-state index in [0.29, 0.717) is 19.5 Å². The Morgan fingerprint density at radius 1 is 1.33 bits per heavy atom. The normalized spacial score (nSPS) is 29.1. The average Bonchev–Trinajstić information content (AvgIpc) is 2.47. The Hall–Kier alpha value is -1.47. The molecule has 0 bridgehead atoms. The number of fused-ring (bicyclic) bond motifs is 1. The molecule has 2 unspecified atom stereocenters. The number of anilines is 2. The van der Waals surface area contributed by atoms with Gasteiger partial charge in [-0.1, -0.05) is 12.8 Å². The van der Waals surface area contributed by atoms with E-state index in [9.17, 15) is 13.9 Å². The van der Waals surface area contributed by atoms with E-state index in [2.05, 4.69) is 10.4 Å². The number of rotatable bonds is 2. The lowest BCUT2D eigenvalue weighted by atomic mass is 9.71. The van der Waals surface area contributed by atoms with Gasteiger partial charge in [0.1, 0.15) is 0 Å². The van der Waals surface area contributed by atoms with Crippen molar-refractivity contribution in [2.75, 3.05) is 23.4 Å². The zero-order valence-corrected chi connectivity index (χ0v) is 11.8. The number of hydrazine groups is 1. The van der Waals surface area contributed by atoms with Gasteiger partial charge in [0.15, 0.2) is 23.3 Å². The second kappa shape index (κ2) is 5.38. The number of aliphatic hydroxyl groups is 1. The third-order valence-corrected chi connectivity index (χ3v) is 4.77. The summed E-state index contributed by atoms with van der Waals surface area (Å²) in [5.74, 6) is 3.71. The fraction of sp³-hybridized carbons (Fsp3) is 0.643. The number of halogens is 2. The molecule has 1 saturated carbocycles. The van der Waals surface area contributed by atoms with Gasteiger partial charge in [-0.25, -0.2) is 19.6 Å². The van der Waals surface area contributed by atoms with Gasteiger partial charge < -0.3 is 15.4 Å². The fourth-order valence-corrected chi connectivity index (χ4v) is 3.54. The molecule has 21 heavy (non-hydrogen) atoms. The van der Waals surface area contributed by atoms with E-state index >= 15 is 0 Å². The van der Waals surface area contributed by atoms with Crippen molar-refractivity contribution in [3.63, 3.8) is 0 Å². The van der Waals surface area contributed by atoms with Gasteiger partial charge in [-0.05, 0) is 19.3 Å². The van der Waals surface area contributed by atoms with Gasteiger partial charge in [-0.2, -0.15) is 0 Å². The van der Waals surface area contributed by atoms with Crippen LogP contribution in [0.4, 0.5) is 20.4 Å². The van der Waals surface area contributed by atoms with Crippen molar-refractivity contribution in [3.05, 3.63) is 17.7 Å². The van der Waals surface area contributed by atoms with Crippen molar-refractivity contribution >= 4 is 11.6 Å². The van der Waals surface area contributed by atoms with Crippen LogP contribution in [-0.2, 0) is 0 Å². The number of nitrogens with zero attached hydrogens (tertiary/aromatic N) is 2. The summed E-state index contributed by atoms with van der Waals surface area (Å²) in [5.41, 5.74) is 1.50. The Balaban J connectivity index is 1.85. The predicted octanol–water partition coefficient (Wildman–Crippen LogP) is 1.78. The molecule has 0 aromatic carbocycles. The Labute approximate surface area is 122 Å². The van der Waals surface area contributed by atoms with E-state index in [1.807, 2.05) is 0 Å². The van der Waals surface area contributed by atoms with Crippen LogP contribution < -0.4 is 16.2 Å². The van der Waals surface area contributed by atoms with Crippen LogP contribution in [0.15, 0.2) is 6.07 Å². The molecule has 5 nitrogen and oxygen atoms in total. The lowest BCUT2D eigenvalue weighted by molar-refractivity contribution is -0.0614. The molecule has 3 rings (SSSR count). The maximum atomic E-state index is 14.0. The zero-order valence-electron chi connectivity index (χ0n) is 11.8. The molecule has 2 heterocycles. The van der Waals surface area contributed by atoms with Crippen LogP contribution >= 0.6 is 0 Å². The average molecular weight is 298 g/mol. The van der Waals surface area contributed by atoms with Crippen molar-refractivity contribution < 1.29 is 13.9 Å². The van der Waals surface area contributed by atoms with Gasteiger partial charge in [-0.15, -0.1) is 0 Å². The monoisotopic (exact) mass is 298 g/mol. The Morgan fingerprint density at radius 2 is 2.14 bits per heavy atom. The summed E-state index contributed by atoms with van der Waals surface area (Å²) in [6.07, 6.45) is 4.44. The highest BCUT2D eigenvalue weighted by molar-refractivity contribution is 5.49. The second-order valence-corrected chi connectivity index (χ2v) is 6.01. The van der Waals surface area contributed by atoms with Gasteiger partial charge in [0.25, 0.3) is 0 Å². The summed E-state index contributed by atoms with van der Waals surface area (Å²) in [6.45, 7) is 1.04. The molecule has 1 saturated heterocycles. The number of aromatic nitrogens is 1. The summed E-state index contributed by atoms with van der Waals surface area (Å²) in [5, 5.41) is 10.6. The van der Waals surface area contributed by atoms with Crippen LogP contribution in [0.2, 0.25) is 0 Å². The number of piperidine rings is 1. The molecular formula is C14H20F2N4O. The minimum absolute atomic E-state index is 0.0944. The third-order valence-electron chi connectivity index (χ3n) is 4.77. The summed E-state index contributed by atoms with van der Waals surface area (Å²) in [4.78, 5) is 5.71. The molecule has 116 valence electrons. The predicted molar refractivity (Wildman–Crippen MR) is 75.7 cm³/mol. The van der Waals surface area contributed by atoms with Crippen LogP contribution in [-0.4, -0.2) is 28.8 Å². The van der Waals surface area contributed by atoms with E-state index in [4.69, 9.17) is 5.84 Å². The summed E-state index contributed by atoms with van der Waals surface area (Å²) in [7, 11) is 0. The number of pyridine rings is 1. The van der Waals surface area contributed by atoms with Crippen molar-refractivity contribution in [2.24, 2.45) is 11.8 Å². The highest BCUT2D eigenvalue weighted by Crippen LogP contribution is 2.41. The highest BCUT2D eigenvalue weighted by atomic mass is 19.1. The standard InChI is InChI=1S/C14H20F2N4O/c15-10-7-11(16)13(18-12(10)19-17)20-6-5-14(21)4-2-1-3-9(14)8-20/h7,9,21H,1-6,8,17H2,(H,18,19). The fourth-order valence-electron chi connectivity index (χ4n) is 3.54. The highest BCUT2D eigenvalue weighted by Gasteiger charge is 2.43. The summed E-state index contributed by atoms with van der Waals surface area (Å²) in [6, 6.07) is 0.791.